The molecule has 2 saturated heterocycles. The van der Waals surface area contributed by atoms with E-state index in [1.165, 1.54) is 0 Å². The molecule has 0 saturated carbocycles. The minimum atomic E-state index is -0.0377. The summed E-state index contributed by atoms with van der Waals surface area (Å²) in [7, 11) is 1.95. The van der Waals surface area contributed by atoms with E-state index in [1.54, 1.807) is 6.20 Å². The summed E-state index contributed by atoms with van der Waals surface area (Å²) >= 11 is 0. The fourth-order valence-electron chi connectivity index (χ4n) is 3.95. The number of likely N-dealkylation sites (tertiary alicyclic amines) is 1. The van der Waals surface area contributed by atoms with Crippen molar-refractivity contribution in [3.05, 3.63) is 30.0 Å². The number of carbonyl (C=O) groups excluding carboxylic acids is 1. The maximum atomic E-state index is 13.0. The molecule has 0 spiro atoms. The second-order valence-corrected chi connectivity index (χ2v) is 7.19. The lowest BCUT2D eigenvalue weighted by atomic mass is 9.98. The van der Waals surface area contributed by atoms with Gasteiger partial charge in [-0.1, -0.05) is 0 Å². The first kappa shape index (κ1) is 17.1. The Morgan fingerprint density at radius 1 is 1.23 bits per heavy atom. The van der Waals surface area contributed by atoms with Gasteiger partial charge in [0.05, 0.1) is 6.04 Å². The molecule has 2 aliphatic rings. The van der Waals surface area contributed by atoms with Crippen LogP contribution in [0.5, 0.6) is 0 Å². The topological polar surface area (TPSA) is 73.1 Å². The molecular formula is C19H25N5O2. The summed E-state index contributed by atoms with van der Waals surface area (Å²) in [5.74, 6) is 1.86. The Labute approximate surface area is 153 Å². The van der Waals surface area contributed by atoms with Gasteiger partial charge in [0.25, 0.3) is 0 Å². The maximum Gasteiger partial charge on any atom is 0.226 e. The van der Waals surface area contributed by atoms with Crippen LogP contribution < -0.4 is 0 Å². The number of hydrogen-bond acceptors (Lipinski definition) is 5. The molecule has 1 unspecified atom stereocenters. The van der Waals surface area contributed by atoms with Crippen LogP contribution in [0.25, 0.3) is 11.5 Å². The molecule has 2 aromatic heterocycles. The van der Waals surface area contributed by atoms with Crippen molar-refractivity contribution in [2.45, 2.75) is 38.6 Å². The first-order valence-electron chi connectivity index (χ1n) is 9.35. The van der Waals surface area contributed by atoms with Gasteiger partial charge in [-0.2, -0.15) is 0 Å². The van der Waals surface area contributed by atoms with Crippen LogP contribution in [0.2, 0.25) is 0 Å². The first-order chi connectivity index (χ1) is 12.6. The lowest BCUT2D eigenvalue weighted by molar-refractivity contribution is -0.139. The van der Waals surface area contributed by atoms with E-state index in [0.717, 1.165) is 55.3 Å². The Hall–Kier alpha value is -2.28. The molecule has 26 heavy (non-hydrogen) atoms. The van der Waals surface area contributed by atoms with Gasteiger partial charge in [-0.3, -0.25) is 4.79 Å². The number of carbonyl (C=O) groups is 1. The monoisotopic (exact) mass is 355 g/mol. The number of aromatic nitrogens is 4. The third-order valence-corrected chi connectivity index (χ3v) is 5.33. The van der Waals surface area contributed by atoms with Crippen LogP contribution in [0.1, 0.15) is 43.2 Å². The summed E-state index contributed by atoms with van der Waals surface area (Å²) in [6.45, 7) is 4.12. The number of nitrogens with zero attached hydrogens (tertiary/aromatic N) is 5. The van der Waals surface area contributed by atoms with E-state index in [4.69, 9.17) is 9.72 Å². The van der Waals surface area contributed by atoms with Crippen molar-refractivity contribution >= 4 is 5.91 Å². The average Bonchev–Trinajstić information content (AvgIpc) is 3.30. The summed E-state index contributed by atoms with van der Waals surface area (Å²) < 4.78 is 7.35. The number of imidazole rings is 1. The highest BCUT2D eigenvalue weighted by molar-refractivity contribution is 5.79. The van der Waals surface area contributed by atoms with E-state index >= 15 is 0 Å². The highest BCUT2D eigenvalue weighted by atomic mass is 16.5. The predicted molar refractivity (Wildman–Crippen MR) is 96.2 cm³/mol. The van der Waals surface area contributed by atoms with E-state index in [2.05, 4.69) is 9.97 Å². The number of hydrogen-bond donors (Lipinski definition) is 0. The summed E-state index contributed by atoms with van der Waals surface area (Å²) in [5.41, 5.74) is 1.71. The molecule has 7 heteroatoms. The van der Waals surface area contributed by atoms with Gasteiger partial charge in [0, 0.05) is 50.8 Å². The molecule has 0 N–H and O–H groups in total. The second-order valence-electron chi connectivity index (χ2n) is 7.19. The molecule has 1 amide bonds. The fraction of sp³-hybridized carbons (Fsp3) is 0.579. The van der Waals surface area contributed by atoms with Crippen LogP contribution in [-0.4, -0.2) is 50.1 Å². The Balaban J connectivity index is 1.62. The van der Waals surface area contributed by atoms with E-state index in [9.17, 15) is 4.79 Å². The van der Waals surface area contributed by atoms with Gasteiger partial charge in [0.2, 0.25) is 5.91 Å². The molecular weight excluding hydrogens is 330 g/mol. The molecule has 1 atom stereocenters. The SMILES string of the molecule is Cc1cc(-c2nccn2C)nc(C2CCCN2C(=O)C2CCOCC2)n1. The zero-order chi connectivity index (χ0) is 18.1. The molecule has 4 rings (SSSR count). The van der Waals surface area contributed by atoms with E-state index in [-0.39, 0.29) is 17.9 Å². The number of amides is 1. The van der Waals surface area contributed by atoms with Crippen LogP contribution in [0.15, 0.2) is 18.5 Å². The highest BCUT2D eigenvalue weighted by Gasteiger charge is 2.36. The maximum absolute atomic E-state index is 13.0. The van der Waals surface area contributed by atoms with Crippen molar-refractivity contribution in [2.75, 3.05) is 19.8 Å². The zero-order valence-electron chi connectivity index (χ0n) is 15.4. The summed E-state index contributed by atoms with van der Waals surface area (Å²) in [6.07, 6.45) is 7.21. The third kappa shape index (κ3) is 3.23. The first-order valence-corrected chi connectivity index (χ1v) is 9.35. The molecule has 0 aromatic carbocycles. The molecule has 0 radical (unpaired) electrons. The largest absolute Gasteiger partial charge is 0.381 e. The highest BCUT2D eigenvalue weighted by Crippen LogP contribution is 2.33. The van der Waals surface area contributed by atoms with Crippen LogP contribution >= 0.6 is 0 Å². The van der Waals surface area contributed by atoms with Gasteiger partial charge >= 0.3 is 0 Å². The Morgan fingerprint density at radius 3 is 2.77 bits per heavy atom. The van der Waals surface area contributed by atoms with Gasteiger partial charge in [-0.15, -0.1) is 0 Å². The molecule has 138 valence electrons. The van der Waals surface area contributed by atoms with Gasteiger partial charge in [-0.25, -0.2) is 15.0 Å². The van der Waals surface area contributed by atoms with E-state index < -0.39 is 0 Å². The number of rotatable bonds is 3. The quantitative estimate of drug-likeness (QED) is 0.844. The molecule has 0 aliphatic carbocycles. The van der Waals surface area contributed by atoms with Crippen LogP contribution in [-0.2, 0) is 16.6 Å². The number of ether oxygens (including phenoxy) is 1. The third-order valence-electron chi connectivity index (χ3n) is 5.33. The molecule has 0 bridgehead atoms. The van der Waals surface area contributed by atoms with Gasteiger partial charge in [0.15, 0.2) is 11.6 Å². The van der Waals surface area contributed by atoms with Crippen molar-refractivity contribution in [1.29, 1.82) is 0 Å². The lowest BCUT2D eigenvalue weighted by Crippen LogP contribution is -2.38. The zero-order valence-corrected chi connectivity index (χ0v) is 15.4. The molecule has 2 fully saturated rings. The van der Waals surface area contributed by atoms with Crippen LogP contribution in [0.4, 0.5) is 0 Å². The average molecular weight is 355 g/mol. The molecule has 2 aromatic rings. The second kappa shape index (κ2) is 7.15. The van der Waals surface area contributed by atoms with Gasteiger partial charge in [-0.05, 0) is 38.7 Å². The normalized spacial score (nSPS) is 21.3. The smallest absolute Gasteiger partial charge is 0.226 e. The van der Waals surface area contributed by atoms with Crippen LogP contribution in [0, 0.1) is 12.8 Å². The van der Waals surface area contributed by atoms with Crippen molar-refractivity contribution in [3.8, 4) is 11.5 Å². The summed E-state index contributed by atoms with van der Waals surface area (Å²) in [4.78, 5) is 28.9. The minimum absolute atomic E-state index is 0.0377. The lowest BCUT2D eigenvalue weighted by Gasteiger charge is -2.30. The standard InChI is InChI=1S/C19H25N5O2/c1-13-12-15(18-20-7-9-23(18)2)22-17(21-13)16-4-3-8-24(16)19(25)14-5-10-26-11-6-14/h7,9,12,14,16H,3-6,8,10-11H2,1-2H3. The van der Waals surface area contributed by atoms with Gasteiger partial charge < -0.3 is 14.2 Å². The molecule has 4 heterocycles. The van der Waals surface area contributed by atoms with Crippen molar-refractivity contribution in [3.63, 3.8) is 0 Å². The minimum Gasteiger partial charge on any atom is -0.381 e. The van der Waals surface area contributed by atoms with Gasteiger partial charge in [0.1, 0.15) is 5.69 Å². The van der Waals surface area contributed by atoms with Crippen LogP contribution in [0.3, 0.4) is 0 Å². The fourth-order valence-corrected chi connectivity index (χ4v) is 3.95. The van der Waals surface area contributed by atoms with E-state index in [1.807, 2.05) is 35.7 Å². The molecule has 7 nitrogen and oxygen atoms in total. The summed E-state index contributed by atoms with van der Waals surface area (Å²) in [5, 5.41) is 0. The Morgan fingerprint density at radius 2 is 2.04 bits per heavy atom. The Bertz CT molecular complexity index is 797. The predicted octanol–water partition coefficient (Wildman–Crippen LogP) is 2.28. The van der Waals surface area contributed by atoms with Crippen molar-refractivity contribution < 1.29 is 9.53 Å². The Kier molecular flexibility index (Phi) is 4.72. The molecule has 2 aliphatic heterocycles. The number of aryl methyl sites for hydroxylation is 2. The van der Waals surface area contributed by atoms with Crippen molar-refractivity contribution in [2.24, 2.45) is 13.0 Å². The van der Waals surface area contributed by atoms with E-state index in [0.29, 0.717) is 13.2 Å². The van der Waals surface area contributed by atoms with Crippen molar-refractivity contribution in [1.82, 2.24) is 24.4 Å². The summed E-state index contributed by atoms with van der Waals surface area (Å²) in [6, 6.07) is 1.91.